The molecule has 0 unspecified atom stereocenters. The van der Waals surface area contributed by atoms with Crippen LogP contribution in [0.25, 0.3) is 0 Å². The van der Waals surface area contributed by atoms with Gasteiger partial charge in [0.1, 0.15) is 0 Å². The summed E-state index contributed by atoms with van der Waals surface area (Å²) in [6, 6.07) is 0. The summed E-state index contributed by atoms with van der Waals surface area (Å²) in [6.45, 7) is 0. The van der Waals surface area contributed by atoms with E-state index >= 15 is 0 Å². The SMILES string of the molecule is COC(OC)C(=O)[O-].COC(OC)C(=O)[O-].[Pd+2]. The molecule has 0 bridgehead atoms. The van der Waals surface area contributed by atoms with Gasteiger partial charge in [0, 0.05) is 28.4 Å². The van der Waals surface area contributed by atoms with Crippen molar-refractivity contribution in [3.63, 3.8) is 0 Å². The molecule has 0 radical (unpaired) electrons. The van der Waals surface area contributed by atoms with Crippen molar-refractivity contribution in [1.82, 2.24) is 0 Å². The zero-order valence-corrected chi connectivity index (χ0v) is 11.3. The molecule has 0 saturated heterocycles. The summed E-state index contributed by atoms with van der Waals surface area (Å²) in [5.41, 5.74) is 0. The van der Waals surface area contributed by atoms with Crippen LogP contribution in [0.2, 0.25) is 0 Å². The van der Waals surface area contributed by atoms with E-state index in [1.54, 1.807) is 0 Å². The van der Waals surface area contributed by atoms with Crippen LogP contribution in [0.4, 0.5) is 0 Å². The molecule has 0 rings (SSSR count). The maximum atomic E-state index is 9.80. The van der Waals surface area contributed by atoms with E-state index in [0.29, 0.717) is 0 Å². The zero-order chi connectivity index (χ0) is 13.1. The third-order valence-electron chi connectivity index (χ3n) is 1.24. The van der Waals surface area contributed by atoms with Crippen LogP contribution in [0.1, 0.15) is 0 Å². The Bertz CT molecular complexity index is 180. The van der Waals surface area contributed by atoms with Gasteiger partial charge in [0.25, 0.3) is 0 Å². The molecule has 0 aromatic carbocycles. The quantitative estimate of drug-likeness (QED) is 0.363. The predicted molar refractivity (Wildman–Crippen MR) is 45.6 cm³/mol. The fourth-order valence-electron chi connectivity index (χ4n) is 0.577. The molecule has 0 aliphatic carbocycles. The topological polar surface area (TPSA) is 117 Å². The second kappa shape index (κ2) is 13.5. The van der Waals surface area contributed by atoms with E-state index in [1.807, 2.05) is 0 Å². The molecule has 17 heavy (non-hydrogen) atoms. The van der Waals surface area contributed by atoms with Gasteiger partial charge in [-0.25, -0.2) is 0 Å². The molecule has 0 aromatic heterocycles. The van der Waals surface area contributed by atoms with Gasteiger partial charge in [-0.05, 0) is 0 Å². The Hall–Kier alpha value is -0.558. The van der Waals surface area contributed by atoms with Gasteiger partial charge in [-0.3, -0.25) is 0 Å². The Morgan fingerprint density at radius 1 is 0.765 bits per heavy atom. The Morgan fingerprint density at radius 2 is 0.941 bits per heavy atom. The minimum Gasteiger partial charge on any atom is -0.545 e. The van der Waals surface area contributed by atoms with E-state index in [2.05, 4.69) is 18.9 Å². The number of hydrogen-bond donors (Lipinski definition) is 0. The second-order valence-corrected chi connectivity index (χ2v) is 2.24. The van der Waals surface area contributed by atoms with E-state index in [0.717, 1.165) is 0 Å². The smallest absolute Gasteiger partial charge is 0.545 e. The number of carboxylic acid groups (broad SMARTS) is 2. The van der Waals surface area contributed by atoms with Crippen LogP contribution in [0.5, 0.6) is 0 Å². The number of carbonyl (C=O) groups excluding carboxylic acids is 2. The molecule has 0 amide bonds. The number of methoxy groups -OCH3 is 4. The summed E-state index contributed by atoms with van der Waals surface area (Å²) in [7, 11) is 4.90. The maximum absolute atomic E-state index is 9.80. The molecular weight excluding hydrogens is 330 g/mol. The number of aliphatic carboxylic acids is 2. The molecule has 0 fully saturated rings. The molecule has 8 nitrogen and oxygen atoms in total. The number of carboxylic acids is 2. The van der Waals surface area contributed by atoms with Crippen molar-refractivity contribution in [2.24, 2.45) is 0 Å². The van der Waals surface area contributed by atoms with Crippen LogP contribution >= 0.6 is 0 Å². The summed E-state index contributed by atoms with van der Waals surface area (Å²) in [6.07, 6.45) is -2.48. The molecular formula is C8H14O8Pd. The van der Waals surface area contributed by atoms with Gasteiger partial charge in [0.2, 0.25) is 0 Å². The van der Waals surface area contributed by atoms with E-state index in [4.69, 9.17) is 0 Å². The van der Waals surface area contributed by atoms with Crippen LogP contribution in [0, 0.1) is 0 Å². The maximum Gasteiger partial charge on any atom is 2.00 e. The largest absolute Gasteiger partial charge is 2.00 e. The van der Waals surface area contributed by atoms with Crippen molar-refractivity contribution in [1.29, 1.82) is 0 Å². The molecule has 0 heterocycles. The molecule has 104 valence electrons. The van der Waals surface area contributed by atoms with Crippen LogP contribution in [-0.2, 0) is 49.0 Å². The predicted octanol–water partition coefficient (Wildman–Crippen LogP) is -3.29. The van der Waals surface area contributed by atoms with Gasteiger partial charge in [-0.2, -0.15) is 0 Å². The van der Waals surface area contributed by atoms with Crippen LogP contribution in [-0.4, -0.2) is 53.0 Å². The van der Waals surface area contributed by atoms with E-state index in [9.17, 15) is 19.8 Å². The monoisotopic (exact) mass is 344 g/mol. The van der Waals surface area contributed by atoms with Crippen molar-refractivity contribution >= 4 is 11.9 Å². The fourth-order valence-corrected chi connectivity index (χ4v) is 0.577. The van der Waals surface area contributed by atoms with Crippen LogP contribution < -0.4 is 10.2 Å². The van der Waals surface area contributed by atoms with E-state index in [1.165, 1.54) is 28.4 Å². The third kappa shape index (κ3) is 11.7. The van der Waals surface area contributed by atoms with Gasteiger partial charge in [0.05, 0.1) is 11.9 Å². The van der Waals surface area contributed by atoms with Gasteiger partial charge in [0.15, 0.2) is 12.6 Å². The average Bonchev–Trinajstić information content (AvgIpc) is 2.21. The first-order valence-corrected chi connectivity index (χ1v) is 3.97. The minimum absolute atomic E-state index is 0. The number of rotatable bonds is 6. The molecule has 0 spiro atoms. The molecule has 0 N–H and O–H groups in total. The average molecular weight is 345 g/mol. The third-order valence-corrected chi connectivity index (χ3v) is 1.24. The van der Waals surface area contributed by atoms with Gasteiger partial charge in [-0.1, -0.05) is 0 Å². The van der Waals surface area contributed by atoms with E-state index in [-0.39, 0.29) is 20.4 Å². The Labute approximate surface area is 112 Å². The first kappa shape index (κ1) is 21.7. The van der Waals surface area contributed by atoms with E-state index < -0.39 is 24.5 Å². The Balaban J connectivity index is -0.000000218. The molecule has 9 heteroatoms. The summed E-state index contributed by atoms with van der Waals surface area (Å²) in [4.78, 5) is 19.6. The van der Waals surface area contributed by atoms with Crippen LogP contribution in [0.15, 0.2) is 0 Å². The van der Waals surface area contributed by atoms with Crippen molar-refractivity contribution in [3.05, 3.63) is 0 Å². The minimum atomic E-state index is -1.37. The van der Waals surface area contributed by atoms with Crippen molar-refractivity contribution in [2.75, 3.05) is 28.4 Å². The summed E-state index contributed by atoms with van der Waals surface area (Å²) in [5, 5.41) is 19.6. The molecule has 0 aliphatic heterocycles. The van der Waals surface area contributed by atoms with Crippen molar-refractivity contribution < 1.29 is 59.2 Å². The Kier molecular flexibility index (Phi) is 17.2. The van der Waals surface area contributed by atoms with Gasteiger partial charge in [-0.15, -0.1) is 0 Å². The standard InChI is InChI=1S/2C4H8O4.Pd/c2*1-7-4(8-2)3(5)6;/h2*4H,1-2H3,(H,5,6);/q;;+2/p-2. The number of ether oxygens (including phenoxy) is 4. The summed E-state index contributed by atoms with van der Waals surface area (Å²) < 4.78 is 17.1. The summed E-state index contributed by atoms with van der Waals surface area (Å²) >= 11 is 0. The summed E-state index contributed by atoms with van der Waals surface area (Å²) in [5.74, 6) is -2.73. The fraction of sp³-hybridized carbons (Fsp3) is 0.750. The molecule has 0 aromatic rings. The Morgan fingerprint density at radius 3 is 0.941 bits per heavy atom. The first-order chi connectivity index (χ1) is 7.44. The molecule has 0 saturated carbocycles. The number of carbonyl (C=O) groups is 2. The molecule has 0 atom stereocenters. The van der Waals surface area contributed by atoms with Crippen molar-refractivity contribution in [3.8, 4) is 0 Å². The second-order valence-electron chi connectivity index (χ2n) is 2.24. The zero-order valence-electron chi connectivity index (χ0n) is 9.74. The normalized spacial score (nSPS) is 9.29. The van der Waals surface area contributed by atoms with Gasteiger partial charge >= 0.3 is 20.4 Å². The first-order valence-electron chi connectivity index (χ1n) is 3.97. The van der Waals surface area contributed by atoms with Crippen molar-refractivity contribution in [2.45, 2.75) is 12.6 Å². The molecule has 0 aliphatic rings. The van der Waals surface area contributed by atoms with Gasteiger partial charge < -0.3 is 38.7 Å². The number of hydrogen-bond acceptors (Lipinski definition) is 8. The van der Waals surface area contributed by atoms with Crippen LogP contribution in [0.3, 0.4) is 0 Å².